The summed E-state index contributed by atoms with van der Waals surface area (Å²) in [6, 6.07) is 6.38. The normalized spacial score (nSPS) is 13.7. The number of aromatic nitrogens is 4. The molecule has 0 saturated carbocycles. The van der Waals surface area contributed by atoms with Gasteiger partial charge >= 0.3 is 12.4 Å². The number of alkyl halides is 6. The van der Waals surface area contributed by atoms with Crippen molar-refractivity contribution in [2.75, 3.05) is 0 Å². The van der Waals surface area contributed by atoms with E-state index in [0.717, 1.165) is 24.4 Å². The van der Waals surface area contributed by atoms with Crippen LogP contribution in [0.5, 0.6) is 0 Å². The van der Waals surface area contributed by atoms with Crippen molar-refractivity contribution >= 4 is 6.08 Å². The first kappa shape index (κ1) is 20.6. The average Bonchev–Trinajstić information content (AvgIpc) is 3.19. The fraction of sp³-hybridized carbons (Fsp3) is 0.211. The predicted octanol–water partition coefficient (Wildman–Crippen LogP) is 5.21. The predicted molar refractivity (Wildman–Crippen MR) is 92.5 cm³/mol. The van der Waals surface area contributed by atoms with E-state index in [0.29, 0.717) is 11.3 Å². The molecule has 1 aromatic carbocycles. The Kier molecular flexibility index (Phi) is 5.71. The minimum atomic E-state index is -4.47. The van der Waals surface area contributed by atoms with E-state index in [2.05, 4.69) is 15.1 Å². The molecule has 0 aliphatic carbocycles. The van der Waals surface area contributed by atoms with E-state index in [9.17, 15) is 26.3 Å². The van der Waals surface area contributed by atoms with Gasteiger partial charge in [0, 0.05) is 18.3 Å². The first-order chi connectivity index (χ1) is 13.6. The van der Waals surface area contributed by atoms with Crippen molar-refractivity contribution in [1.29, 1.82) is 0 Å². The molecule has 2 aromatic heterocycles. The molecule has 3 aromatic rings. The van der Waals surface area contributed by atoms with Crippen LogP contribution in [0.25, 0.3) is 6.08 Å². The highest BCUT2D eigenvalue weighted by Crippen LogP contribution is 2.30. The zero-order valence-electron chi connectivity index (χ0n) is 14.7. The lowest BCUT2D eigenvalue weighted by Gasteiger charge is -2.13. The second kappa shape index (κ2) is 8.06. The number of rotatable bonds is 5. The van der Waals surface area contributed by atoms with Gasteiger partial charge in [0.15, 0.2) is 0 Å². The first-order valence-electron chi connectivity index (χ1n) is 8.34. The number of pyridine rings is 1. The molecule has 152 valence electrons. The smallest absolute Gasteiger partial charge is 0.261 e. The average molecular weight is 412 g/mol. The molecule has 0 radical (unpaired) electrons. The number of hydrogen-bond acceptors (Lipinski definition) is 3. The Hall–Kier alpha value is -3.17. The lowest BCUT2D eigenvalue weighted by molar-refractivity contribution is -0.138. The van der Waals surface area contributed by atoms with E-state index < -0.39 is 29.5 Å². The molecule has 0 aliphatic rings. The van der Waals surface area contributed by atoms with E-state index in [1.807, 2.05) is 0 Å². The van der Waals surface area contributed by atoms with Crippen molar-refractivity contribution in [3.63, 3.8) is 0 Å². The van der Waals surface area contributed by atoms with Crippen LogP contribution in [0.1, 0.15) is 28.4 Å². The maximum absolute atomic E-state index is 12.7. The van der Waals surface area contributed by atoms with E-state index in [-0.39, 0.29) is 6.42 Å². The number of nitrogens with zero attached hydrogens (tertiary/aromatic N) is 4. The Balaban J connectivity index is 1.79. The minimum absolute atomic E-state index is 0.221. The molecule has 2 heterocycles. The van der Waals surface area contributed by atoms with Crippen LogP contribution in [0, 0.1) is 0 Å². The molecule has 0 aliphatic heterocycles. The summed E-state index contributed by atoms with van der Waals surface area (Å²) in [5.74, 6) is 0. The fourth-order valence-electron chi connectivity index (χ4n) is 2.57. The minimum Gasteiger partial charge on any atom is -0.261 e. The highest BCUT2D eigenvalue weighted by atomic mass is 19.4. The summed E-state index contributed by atoms with van der Waals surface area (Å²) < 4.78 is 77.5. The van der Waals surface area contributed by atoms with Crippen LogP contribution in [0.3, 0.4) is 0 Å². The maximum Gasteiger partial charge on any atom is 0.417 e. The summed E-state index contributed by atoms with van der Waals surface area (Å²) >= 11 is 0. The van der Waals surface area contributed by atoms with E-state index in [1.54, 1.807) is 12.2 Å². The van der Waals surface area contributed by atoms with E-state index >= 15 is 0 Å². The lowest BCUT2D eigenvalue weighted by atomic mass is 10.1. The van der Waals surface area contributed by atoms with Crippen molar-refractivity contribution in [1.82, 2.24) is 19.7 Å². The fourth-order valence-corrected chi connectivity index (χ4v) is 2.57. The second-order valence-electron chi connectivity index (χ2n) is 6.16. The SMILES string of the molecule is FC(F)(F)c1ccc(C=CC(Cc2ccc(C(F)(F)F)cn2)n2cncn2)cc1. The van der Waals surface area contributed by atoms with Crippen molar-refractivity contribution < 1.29 is 26.3 Å². The molecule has 0 spiro atoms. The molecular formula is C19H14F6N4. The Labute approximate surface area is 161 Å². The number of benzene rings is 1. The third kappa shape index (κ3) is 5.43. The summed E-state index contributed by atoms with van der Waals surface area (Å²) in [6.45, 7) is 0. The van der Waals surface area contributed by atoms with Gasteiger partial charge in [-0.2, -0.15) is 31.4 Å². The number of halogens is 6. The van der Waals surface area contributed by atoms with E-state index in [1.165, 1.54) is 35.5 Å². The van der Waals surface area contributed by atoms with Crippen molar-refractivity contribution in [2.24, 2.45) is 0 Å². The third-order valence-electron chi connectivity index (χ3n) is 4.10. The molecule has 29 heavy (non-hydrogen) atoms. The van der Waals surface area contributed by atoms with Gasteiger partial charge in [-0.25, -0.2) is 9.67 Å². The van der Waals surface area contributed by atoms with Gasteiger partial charge in [-0.05, 0) is 29.8 Å². The van der Waals surface area contributed by atoms with Crippen molar-refractivity contribution in [2.45, 2.75) is 24.8 Å². The van der Waals surface area contributed by atoms with Crippen molar-refractivity contribution in [3.05, 3.63) is 83.7 Å². The summed E-state index contributed by atoms with van der Waals surface area (Å²) in [6.07, 6.45) is -1.89. The van der Waals surface area contributed by atoms with Crippen LogP contribution >= 0.6 is 0 Å². The topological polar surface area (TPSA) is 43.6 Å². The largest absolute Gasteiger partial charge is 0.417 e. The highest BCUT2D eigenvalue weighted by Gasteiger charge is 2.31. The molecule has 0 saturated heterocycles. The zero-order valence-corrected chi connectivity index (χ0v) is 14.7. The number of allylic oxidation sites excluding steroid dienone is 1. The molecule has 0 bridgehead atoms. The zero-order chi connectivity index (χ0) is 21.1. The quantitative estimate of drug-likeness (QED) is 0.541. The first-order valence-corrected chi connectivity index (χ1v) is 8.34. The monoisotopic (exact) mass is 412 g/mol. The maximum atomic E-state index is 12.7. The molecule has 10 heteroatoms. The van der Waals surface area contributed by atoms with Crippen LogP contribution in [-0.4, -0.2) is 19.7 Å². The molecule has 0 N–H and O–H groups in total. The van der Waals surface area contributed by atoms with Crippen LogP contribution in [0.15, 0.2) is 61.3 Å². The van der Waals surface area contributed by atoms with Gasteiger partial charge in [-0.15, -0.1) is 0 Å². The lowest BCUT2D eigenvalue weighted by Crippen LogP contribution is -2.12. The van der Waals surface area contributed by atoms with Gasteiger partial charge in [0.05, 0.1) is 17.2 Å². The van der Waals surface area contributed by atoms with Gasteiger partial charge in [0.1, 0.15) is 12.7 Å². The van der Waals surface area contributed by atoms with Crippen LogP contribution in [-0.2, 0) is 18.8 Å². The molecular weight excluding hydrogens is 398 g/mol. The van der Waals surface area contributed by atoms with Gasteiger partial charge in [0.25, 0.3) is 0 Å². The standard InChI is InChI=1S/C19H14F6N4/c20-18(21,22)14-4-1-13(2-5-14)3-8-17(29-12-26-11-28-29)9-16-7-6-15(10-27-16)19(23,24)25/h1-8,10-12,17H,9H2. The molecule has 0 fully saturated rings. The third-order valence-corrected chi connectivity index (χ3v) is 4.10. The van der Waals surface area contributed by atoms with E-state index in [4.69, 9.17) is 0 Å². The second-order valence-corrected chi connectivity index (χ2v) is 6.16. The summed E-state index contributed by atoms with van der Waals surface area (Å²) in [5, 5.41) is 4.03. The molecule has 1 unspecified atom stereocenters. The van der Waals surface area contributed by atoms with Crippen LogP contribution in [0.4, 0.5) is 26.3 Å². The van der Waals surface area contributed by atoms with Gasteiger partial charge in [-0.3, -0.25) is 4.98 Å². The molecule has 4 nitrogen and oxygen atoms in total. The molecule has 0 amide bonds. The Morgan fingerprint density at radius 1 is 0.897 bits per heavy atom. The number of hydrogen-bond donors (Lipinski definition) is 0. The summed E-state index contributed by atoms with van der Waals surface area (Å²) in [5.41, 5.74) is -0.672. The Morgan fingerprint density at radius 2 is 1.55 bits per heavy atom. The Morgan fingerprint density at radius 3 is 2.07 bits per heavy atom. The molecule has 3 rings (SSSR count). The van der Waals surface area contributed by atoms with Gasteiger partial charge in [-0.1, -0.05) is 24.3 Å². The van der Waals surface area contributed by atoms with Crippen LogP contribution < -0.4 is 0 Å². The van der Waals surface area contributed by atoms with Crippen LogP contribution in [0.2, 0.25) is 0 Å². The Bertz CT molecular complexity index is 942. The highest BCUT2D eigenvalue weighted by molar-refractivity contribution is 5.50. The van der Waals surface area contributed by atoms with Gasteiger partial charge in [0.2, 0.25) is 0 Å². The van der Waals surface area contributed by atoms with Gasteiger partial charge < -0.3 is 0 Å². The molecule has 1 atom stereocenters. The summed E-state index contributed by atoms with van der Waals surface area (Å²) in [4.78, 5) is 7.70. The summed E-state index contributed by atoms with van der Waals surface area (Å²) in [7, 11) is 0. The van der Waals surface area contributed by atoms with Crippen molar-refractivity contribution in [3.8, 4) is 0 Å².